The summed E-state index contributed by atoms with van der Waals surface area (Å²) < 4.78 is 0. The van der Waals surface area contributed by atoms with Gasteiger partial charge in [0.25, 0.3) is 5.69 Å². The molecular weight excluding hydrogens is 146 g/mol. The molecule has 0 amide bonds. The molecule has 0 spiro atoms. The van der Waals surface area contributed by atoms with Crippen molar-refractivity contribution < 1.29 is 15.0 Å². The van der Waals surface area contributed by atoms with Gasteiger partial charge >= 0.3 is 5.97 Å². The van der Waals surface area contributed by atoms with E-state index in [2.05, 4.69) is 4.98 Å². The van der Waals surface area contributed by atoms with Crippen LogP contribution in [0.15, 0.2) is 12.3 Å². The second kappa shape index (κ2) is 2.57. The zero-order chi connectivity index (χ0) is 8.43. The van der Waals surface area contributed by atoms with E-state index >= 15 is 0 Å². The van der Waals surface area contributed by atoms with E-state index in [0.29, 0.717) is 5.56 Å². The quantitative estimate of drug-likeness (QED) is 0.577. The minimum Gasteiger partial charge on any atom is -0.560 e. The van der Waals surface area contributed by atoms with Gasteiger partial charge in [0.05, 0.1) is 4.79 Å². The summed E-state index contributed by atoms with van der Waals surface area (Å²) in [5.74, 6) is -1.17. The Morgan fingerprint density at radius 1 is 1.73 bits per heavy atom. The van der Waals surface area contributed by atoms with E-state index in [4.69, 9.17) is 10.2 Å². The lowest BCUT2D eigenvalue weighted by Crippen LogP contribution is -2.00. The average molecular weight is 154 g/mol. The molecule has 0 unspecified atom stereocenters. The summed E-state index contributed by atoms with van der Waals surface area (Å²) in [6.07, 6.45) is 1.39. The zero-order valence-corrected chi connectivity index (χ0v) is 5.96. The third-order valence-corrected chi connectivity index (χ3v) is 1.34. The van der Waals surface area contributed by atoms with Gasteiger partial charge in [-0.05, 0) is 18.6 Å². The molecule has 1 aromatic heterocycles. The summed E-state index contributed by atoms with van der Waals surface area (Å²) in [6.45, 7) is 1.64. The Bertz CT molecular complexity index is 296. The molecule has 1 aromatic rings. The summed E-state index contributed by atoms with van der Waals surface area (Å²) in [5.41, 5.74) is 0.362. The van der Waals surface area contributed by atoms with Crippen LogP contribution in [0.5, 0.6) is 5.75 Å². The Morgan fingerprint density at radius 2 is 2.36 bits per heavy atom. The molecule has 0 aliphatic carbocycles. The maximum atomic E-state index is 10.5. The molecular formula is C7H8NO3+. The van der Waals surface area contributed by atoms with Crippen molar-refractivity contribution in [3.63, 3.8) is 0 Å². The number of carbonyl (C=O) groups excluding carboxylic acids is 1. The lowest BCUT2D eigenvalue weighted by Gasteiger charge is -1.96. The van der Waals surface area contributed by atoms with Gasteiger partial charge in [0.1, 0.15) is 0 Å². The molecule has 0 bridgehead atoms. The smallest absolute Gasteiger partial charge is 0.560 e. The SMILES string of the molecule is Cc1ccnc(C(=O)[OH2+])c1O. The van der Waals surface area contributed by atoms with Crippen LogP contribution in [0.4, 0.5) is 0 Å². The fourth-order valence-electron chi connectivity index (χ4n) is 0.717. The van der Waals surface area contributed by atoms with Crippen molar-refractivity contribution in [1.82, 2.24) is 4.98 Å². The van der Waals surface area contributed by atoms with E-state index in [9.17, 15) is 4.79 Å². The van der Waals surface area contributed by atoms with Gasteiger partial charge in [-0.25, -0.2) is 4.98 Å². The topological polar surface area (TPSA) is 73.1 Å². The lowest BCUT2D eigenvalue weighted by atomic mass is 10.2. The summed E-state index contributed by atoms with van der Waals surface area (Å²) in [5, 5.41) is 15.9. The van der Waals surface area contributed by atoms with Crippen LogP contribution in [0.3, 0.4) is 0 Å². The molecule has 1 heterocycles. The van der Waals surface area contributed by atoms with Crippen molar-refractivity contribution in [2.24, 2.45) is 0 Å². The van der Waals surface area contributed by atoms with Gasteiger partial charge in [-0.15, -0.1) is 0 Å². The maximum absolute atomic E-state index is 10.5. The fourth-order valence-corrected chi connectivity index (χ4v) is 0.717. The second-order valence-corrected chi connectivity index (χ2v) is 2.15. The van der Waals surface area contributed by atoms with Gasteiger partial charge in [0, 0.05) is 6.20 Å². The number of hydrogen-bond acceptors (Lipinski definition) is 3. The molecule has 1 rings (SSSR count). The van der Waals surface area contributed by atoms with Crippen molar-refractivity contribution in [3.8, 4) is 5.75 Å². The van der Waals surface area contributed by atoms with Crippen LogP contribution >= 0.6 is 0 Å². The Labute approximate surface area is 63.1 Å². The summed E-state index contributed by atoms with van der Waals surface area (Å²) in [4.78, 5) is 14.0. The van der Waals surface area contributed by atoms with E-state index in [-0.39, 0.29) is 11.4 Å². The Kier molecular flexibility index (Phi) is 1.76. The first-order valence-corrected chi connectivity index (χ1v) is 3.03. The van der Waals surface area contributed by atoms with Crippen LogP contribution < -0.4 is 0 Å². The van der Waals surface area contributed by atoms with E-state index in [0.717, 1.165) is 0 Å². The highest BCUT2D eigenvalue weighted by Crippen LogP contribution is 2.18. The molecule has 0 radical (unpaired) electrons. The normalized spacial score (nSPS) is 9.55. The summed E-state index contributed by atoms with van der Waals surface area (Å²) >= 11 is 0. The van der Waals surface area contributed by atoms with Crippen molar-refractivity contribution in [1.29, 1.82) is 0 Å². The molecule has 4 heteroatoms. The van der Waals surface area contributed by atoms with Gasteiger partial charge in [-0.1, -0.05) is 0 Å². The highest BCUT2D eigenvalue weighted by molar-refractivity contribution is 5.88. The monoisotopic (exact) mass is 154 g/mol. The molecule has 11 heavy (non-hydrogen) atoms. The van der Waals surface area contributed by atoms with Gasteiger partial charge < -0.3 is 10.2 Å². The summed E-state index contributed by atoms with van der Waals surface area (Å²) in [6, 6.07) is 1.57. The van der Waals surface area contributed by atoms with E-state index < -0.39 is 5.97 Å². The third kappa shape index (κ3) is 1.29. The van der Waals surface area contributed by atoms with E-state index in [1.54, 1.807) is 13.0 Å². The number of pyridine rings is 1. The Morgan fingerprint density at radius 3 is 2.82 bits per heavy atom. The van der Waals surface area contributed by atoms with Crippen molar-refractivity contribution in [2.45, 2.75) is 6.92 Å². The predicted octanol–water partition coefficient (Wildman–Crippen LogP) is -0.0396. The van der Waals surface area contributed by atoms with Crippen LogP contribution in [0.2, 0.25) is 0 Å². The number of carbonyl (C=O) groups is 1. The van der Waals surface area contributed by atoms with Crippen molar-refractivity contribution >= 4 is 5.97 Å². The Hall–Kier alpha value is -1.58. The van der Waals surface area contributed by atoms with E-state index in [1.165, 1.54) is 6.20 Å². The molecule has 0 aliphatic heterocycles. The highest BCUT2D eigenvalue weighted by atomic mass is 16.4. The molecule has 0 saturated heterocycles. The highest BCUT2D eigenvalue weighted by Gasteiger charge is 2.19. The Balaban J connectivity index is 3.27. The molecule has 0 aliphatic rings. The molecule has 0 atom stereocenters. The molecule has 3 N–H and O–H groups in total. The number of aromatic nitrogens is 1. The number of rotatable bonds is 1. The average Bonchev–Trinajstić information content (AvgIpc) is 1.94. The van der Waals surface area contributed by atoms with Crippen LogP contribution in [-0.2, 0) is 0 Å². The third-order valence-electron chi connectivity index (χ3n) is 1.34. The van der Waals surface area contributed by atoms with Gasteiger partial charge in [-0.3, -0.25) is 0 Å². The summed E-state index contributed by atoms with van der Waals surface area (Å²) in [7, 11) is 0. The molecule has 4 nitrogen and oxygen atoms in total. The number of nitrogens with zero attached hydrogens (tertiary/aromatic N) is 1. The van der Waals surface area contributed by atoms with E-state index in [1.807, 2.05) is 0 Å². The molecule has 58 valence electrons. The first-order chi connectivity index (χ1) is 5.13. The van der Waals surface area contributed by atoms with Crippen LogP contribution in [0.1, 0.15) is 16.1 Å². The van der Waals surface area contributed by atoms with Gasteiger partial charge in [-0.2, -0.15) is 0 Å². The first kappa shape index (κ1) is 7.53. The van der Waals surface area contributed by atoms with Gasteiger partial charge in [0.2, 0.25) is 0 Å². The van der Waals surface area contributed by atoms with Crippen LogP contribution in [0, 0.1) is 6.92 Å². The number of hydrogen-bond donors (Lipinski definition) is 1. The minimum absolute atomic E-state index is 0.190. The zero-order valence-electron chi connectivity index (χ0n) is 5.96. The minimum atomic E-state index is -0.966. The maximum Gasteiger partial charge on any atom is 0.571 e. The lowest BCUT2D eigenvalue weighted by molar-refractivity contribution is 0.0687. The number of aromatic hydroxyl groups is 1. The fraction of sp³-hybridized carbons (Fsp3) is 0.143. The van der Waals surface area contributed by atoms with Crippen LogP contribution in [-0.4, -0.2) is 21.2 Å². The molecule has 0 aromatic carbocycles. The van der Waals surface area contributed by atoms with Crippen molar-refractivity contribution in [3.05, 3.63) is 23.5 Å². The molecule has 0 fully saturated rings. The first-order valence-electron chi connectivity index (χ1n) is 3.03. The van der Waals surface area contributed by atoms with Crippen molar-refractivity contribution in [2.75, 3.05) is 0 Å². The standard InChI is InChI=1S/C7H7NO3/c1-4-2-3-8-5(6(4)9)7(10)11/h2-3,9H,1H3,(H,10,11)/p+1. The van der Waals surface area contributed by atoms with Crippen LogP contribution in [0.25, 0.3) is 0 Å². The van der Waals surface area contributed by atoms with Gasteiger partial charge in [0.15, 0.2) is 5.75 Å². The predicted molar refractivity (Wildman–Crippen MR) is 38.6 cm³/mol. The number of aryl methyl sites for hydroxylation is 1. The second-order valence-electron chi connectivity index (χ2n) is 2.15. The largest absolute Gasteiger partial charge is 0.571 e. The molecule has 0 saturated carbocycles.